The maximum Gasteiger partial charge on any atom is 0.342 e. The summed E-state index contributed by atoms with van der Waals surface area (Å²) in [6, 6.07) is 4.38. The van der Waals surface area contributed by atoms with Crippen molar-refractivity contribution in [2.75, 3.05) is 7.11 Å². The Morgan fingerprint density at radius 1 is 1.20 bits per heavy atom. The zero-order chi connectivity index (χ0) is 18.6. The van der Waals surface area contributed by atoms with Crippen LogP contribution in [-0.2, 0) is 23.1 Å². The van der Waals surface area contributed by atoms with Crippen LogP contribution in [0.3, 0.4) is 0 Å². The Morgan fingerprint density at radius 3 is 2.48 bits per heavy atom. The van der Waals surface area contributed by atoms with E-state index in [1.54, 1.807) is 27.8 Å². The number of carbonyl (C=O) groups excluding carboxylic acids is 2. The minimum absolute atomic E-state index is 0.0151. The van der Waals surface area contributed by atoms with Gasteiger partial charge in [0.2, 0.25) is 5.82 Å². The number of nitrogens with zero attached hydrogens (tertiary/aromatic N) is 4. The molecule has 0 bridgehead atoms. The largest absolute Gasteiger partial charge is 0.485 e. The third kappa shape index (κ3) is 5.00. The summed E-state index contributed by atoms with van der Waals surface area (Å²) in [4.78, 5) is 25.5. The van der Waals surface area contributed by atoms with Gasteiger partial charge in [-0.15, -0.1) is 10.2 Å². The van der Waals surface area contributed by atoms with Crippen molar-refractivity contribution in [1.82, 2.24) is 20.2 Å². The van der Waals surface area contributed by atoms with Crippen LogP contribution in [0, 0.1) is 0 Å². The van der Waals surface area contributed by atoms with Gasteiger partial charge in [0.15, 0.2) is 6.61 Å². The predicted molar refractivity (Wildman–Crippen MR) is 86.1 cm³/mol. The maximum absolute atomic E-state index is 12.5. The molecule has 9 nitrogen and oxygen atoms in total. The molecule has 1 aromatic carbocycles. The minimum atomic E-state index is -0.692. The van der Waals surface area contributed by atoms with Gasteiger partial charge in [-0.1, -0.05) is 0 Å². The Morgan fingerprint density at radius 2 is 1.92 bits per heavy atom. The second kappa shape index (κ2) is 7.29. The van der Waals surface area contributed by atoms with Crippen LogP contribution in [0.1, 0.15) is 47.3 Å². The average molecular weight is 348 g/mol. The summed E-state index contributed by atoms with van der Waals surface area (Å²) in [6.45, 7) is 5.26. The lowest BCUT2D eigenvalue weighted by atomic mass is 10.1. The average Bonchev–Trinajstić information content (AvgIpc) is 2.96. The number of hydrogen-bond donors (Lipinski definition) is 0. The van der Waals surface area contributed by atoms with E-state index in [1.165, 1.54) is 30.1 Å². The second-order valence-corrected chi connectivity index (χ2v) is 6.19. The van der Waals surface area contributed by atoms with Crippen LogP contribution < -0.4 is 4.74 Å². The van der Waals surface area contributed by atoms with E-state index in [-0.39, 0.29) is 23.5 Å². The number of methoxy groups -OCH3 is 1. The van der Waals surface area contributed by atoms with E-state index in [1.807, 2.05) is 0 Å². The molecule has 0 N–H and O–H groups in total. The maximum atomic E-state index is 12.5. The molecular weight excluding hydrogens is 328 g/mol. The topological polar surface area (TPSA) is 105 Å². The van der Waals surface area contributed by atoms with Gasteiger partial charge in [-0.3, -0.25) is 0 Å². The first-order valence-electron chi connectivity index (χ1n) is 7.51. The molecule has 0 amide bonds. The minimum Gasteiger partial charge on any atom is -0.485 e. The molecule has 0 aliphatic carbocycles. The molecule has 9 heteroatoms. The monoisotopic (exact) mass is 348 g/mol. The van der Waals surface area contributed by atoms with E-state index in [0.717, 1.165) is 0 Å². The van der Waals surface area contributed by atoms with Gasteiger partial charge in [-0.2, -0.15) is 4.80 Å². The Hall–Kier alpha value is -2.97. The first kappa shape index (κ1) is 18.4. The number of rotatable bonds is 5. The lowest BCUT2D eigenvalue weighted by Gasteiger charge is -2.20. The number of tetrazole rings is 1. The van der Waals surface area contributed by atoms with Gasteiger partial charge in [0, 0.05) is 0 Å². The lowest BCUT2D eigenvalue weighted by Crippen LogP contribution is -2.24. The van der Waals surface area contributed by atoms with Crippen LogP contribution >= 0.6 is 0 Å². The highest BCUT2D eigenvalue weighted by atomic mass is 16.6. The Labute approximate surface area is 144 Å². The van der Waals surface area contributed by atoms with Gasteiger partial charge in [-0.25, -0.2) is 9.59 Å². The van der Waals surface area contributed by atoms with Crippen LogP contribution in [-0.4, -0.2) is 44.9 Å². The van der Waals surface area contributed by atoms with Crippen molar-refractivity contribution < 1.29 is 23.8 Å². The van der Waals surface area contributed by atoms with Crippen LogP contribution in [0.4, 0.5) is 0 Å². The second-order valence-electron chi connectivity index (χ2n) is 6.19. The third-order valence-electron chi connectivity index (χ3n) is 2.93. The summed E-state index contributed by atoms with van der Waals surface area (Å²) in [5.74, 6) is -0.573. The van der Waals surface area contributed by atoms with Crippen LogP contribution in [0.2, 0.25) is 0 Å². The molecule has 0 aliphatic rings. The lowest BCUT2D eigenvalue weighted by molar-refractivity contribution is 0.00653. The Kier molecular flexibility index (Phi) is 5.35. The summed E-state index contributed by atoms with van der Waals surface area (Å²) in [7, 11) is 2.90. The summed E-state index contributed by atoms with van der Waals surface area (Å²) < 4.78 is 15.7. The van der Waals surface area contributed by atoms with Crippen molar-refractivity contribution in [3.05, 3.63) is 35.2 Å². The van der Waals surface area contributed by atoms with Crippen molar-refractivity contribution in [2.45, 2.75) is 33.0 Å². The fourth-order valence-electron chi connectivity index (χ4n) is 1.92. The number of ether oxygens (including phenoxy) is 3. The fourth-order valence-corrected chi connectivity index (χ4v) is 1.92. The zero-order valence-corrected chi connectivity index (χ0v) is 14.8. The highest BCUT2D eigenvalue weighted by Crippen LogP contribution is 2.24. The van der Waals surface area contributed by atoms with E-state index >= 15 is 0 Å². The molecule has 0 radical (unpaired) electrons. The number of aromatic nitrogens is 4. The number of hydrogen-bond acceptors (Lipinski definition) is 8. The Balaban J connectivity index is 2.29. The normalized spacial score (nSPS) is 11.1. The molecule has 2 aromatic rings. The van der Waals surface area contributed by atoms with Gasteiger partial charge >= 0.3 is 11.9 Å². The molecule has 25 heavy (non-hydrogen) atoms. The molecule has 0 spiro atoms. The molecule has 1 heterocycles. The van der Waals surface area contributed by atoms with Gasteiger partial charge in [0.1, 0.15) is 16.9 Å². The number of carbonyl (C=O) groups is 2. The van der Waals surface area contributed by atoms with E-state index in [9.17, 15) is 9.59 Å². The highest BCUT2D eigenvalue weighted by Gasteiger charge is 2.23. The number of aryl methyl sites for hydroxylation is 1. The molecule has 0 saturated heterocycles. The smallest absolute Gasteiger partial charge is 0.342 e. The number of esters is 2. The first-order valence-corrected chi connectivity index (χ1v) is 7.51. The molecule has 0 aliphatic heterocycles. The van der Waals surface area contributed by atoms with Gasteiger partial charge in [0.05, 0.1) is 19.7 Å². The molecule has 0 fully saturated rings. The molecule has 0 unspecified atom stereocenters. The molecule has 2 rings (SSSR count). The quantitative estimate of drug-likeness (QED) is 0.749. The van der Waals surface area contributed by atoms with E-state index in [4.69, 9.17) is 9.47 Å². The van der Waals surface area contributed by atoms with Gasteiger partial charge in [-0.05, 0) is 44.2 Å². The standard InChI is InChI=1S/C16H20N4O5/c1-16(2,3)25-15(22)11-8-10(14(21)23-5)6-7-12(11)24-9-13-17-19-20(4)18-13/h6-8H,9H2,1-5H3. The van der Waals surface area contributed by atoms with Crippen molar-refractivity contribution in [1.29, 1.82) is 0 Å². The van der Waals surface area contributed by atoms with Crippen LogP contribution in [0.15, 0.2) is 18.2 Å². The van der Waals surface area contributed by atoms with Crippen molar-refractivity contribution in [2.24, 2.45) is 7.05 Å². The van der Waals surface area contributed by atoms with Crippen molar-refractivity contribution in [3.63, 3.8) is 0 Å². The predicted octanol–water partition coefficient (Wildman–Crippen LogP) is 1.53. The summed E-state index contributed by atoms with van der Waals surface area (Å²) in [5.41, 5.74) is -0.364. The number of benzene rings is 1. The van der Waals surface area contributed by atoms with Crippen LogP contribution in [0.5, 0.6) is 5.75 Å². The van der Waals surface area contributed by atoms with E-state index in [0.29, 0.717) is 5.82 Å². The molecule has 0 saturated carbocycles. The fraction of sp³-hybridized carbons (Fsp3) is 0.438. The molecule has 0 atom stereocenters. The summed E-state index contributed by atoms with van der Waals surface area (Å²) in [6.07, 6.45) is 0. The molecule has 1 aromatic heterocycles. The van der Waals surface area contributed by atoms with E-state index in [2.05, 4.69) is 20.1 Å². The van der Waals surface area contributed by atoms with Crippen molar-refractivity contribution in [3.8, 4) is 5.75 Å². The molecular formula is C16H20N4O5. The van der Waals surface area contributed by atoms with Gasteiger partial charge < -0.3 is 14.2 Å². The molecule has 134 valence electrons. The Bertz CT molecular complexity index is 779. The first-order chi connectivity index (χ1) is 11.7. The van der Waals surface area contributed by atoms with Crippen molar-refractivity contribution >= 4 is 11.9 Å². The SMILES string of the molecule is COC(=O)c1ccc(OCc2nnn(C)n2)c(C(=O)OC(C)(C)C)c1. The summed E-state index contributed by atoms with van der Waals surface area (Å²) in [5, 5.41) is 11.5. The third-order valence-corrected chi connectivity index (χ3v) is 2.93. The summed E-state index contributed by atoms with van der Waals surface area (Å²) >= 11 is 0. The van der Waals surface area contributed by atoms with E-state index < -0.39 is 17.5 Å². The highest BCUT2D eigenvalue weighted by molar-refractivity contribution is 5.97. The van der Waals surface area contributed by atoms with Crippen LogP contribution in [0.25, 0.3) is 0 Å². The zero-order valence-electron chi connectivity index (χ0n) is 14.8. The van der Waals surface area contributed by atoms with Gasteiger partial charge in [0.25, 0.3) is 0 Å².